The third kappa shape index (κ3) is 3.63. The Hall–Kier alpha value is -2.76. The number of rotatable bonds is 3. The summed E-state index contributed by atoms with van der Waals surface area (Å²) >= 11 is 1.73. The van der Waals surface area contributed by atoms with Gasteiger partial charge in [0.05, 0.1) is 17.9 Å². The van der Waals surface area contributed by atoms with Crippen molar-refractivity contribution >= 4 is 34.7 Å². The number of nitrogens with zero attached hydrogens (tertiary/aromatic N) is 3. The number of hydrogen-bond acceptors (Lipinski definition) is 4. The third-order valence-electron chi connectivity index (χ3n) is 5.53. The molecule has 3 aromatic rings. The van der Waals surface area contributed by atoms with Gasteiger partial charge in [-0.3, -0.25) is 14.6 Å². The topological polar surface area (TPSA) is 26.8 Å². The molecule has 2 aliphatic rings. The number of benzene rings is 3. The summed E-state index contributed by atoms with van der Waals surface area (Å²) in [6.07, 6.45) is 0. The zero-order chi connectivity index (χ0) is 19.6. The van der Waals surface area contributed by atoms with Crippen LogP contribution in [0.15, 0.2) is 88.7 Å². The highest BCUT2D eigenvalue weighted by Crippen LogP contribution is 2.47. The molecule has 0 bridgehead atoms. The highest BCUT2D eigenvalue weighted by atomic mass is 32.2. The van der Waals surface area contributed by atoms with Gasteiger partial charge < -0.3 is 4.90 Å². The van der Waals surface area contributed by atoms with Crippen LogP contribution < -0.4 is 9.80 Å². The molecule has 0 saturated carbocycles. The van der Waals surface area contributed by atoms with Crippen LogP contribution in [0.5, 0.6) is 0 Å². The number of carbonyl (C=O) groups excluding carboxylic acids is 1. The Morgan fingerprint density at radius 1 is 0.724 bits per heavy atom. The van der Waals surface area contributed by atoms with Crippen molar-refractivity contribution in [3.8, 4) is 0 Å². The lowest BCUT2D eigenvalue weighted by molar-refractivity contribution is -0.119. The normalized spacial score (nSPS) is 16.3. The molecule has 146 valence electrons. The Bertz CT molecular complexity index is 970. The second-order valence-electron chi connectivity index (χ2n) is 7.37. The quantitative estimate of drug-likeness (QED) is 0.639. The van der Waals surface area contributed by atoms with Gasteiger partial charge in [-0.25, -0.2) is 0 Å². The summed E-state index contributed by atoms with van der Waals surface area (Å²) in [6, 6.07) is 26.9. The number of carbonyl (C=O) groups is 1. The highest BCUT2D eigenvalue weighted by molar-refractivity contribution is 7.99. The maximum atomic E-state index is 13.4. The lowest BCUT2D eigenvalue weighted by Crippen LogP contribution is -2.49. The standard InChI is InChI=1S/C24H23N3OS/c28-24(18-25-14-16-26(17-15-25)19-8-2-1-3-9-19)27-20-10-4-6-12-22(20)29-23-13-7-5-11-21(23)27/h1-13H,14-18H2. The molecule has 3 aromatic carbocycles. The second kappa shape index (κ2) is 7.93. The van der Waals surface area contributed by atoms with Crippen LogP contribution in [0, 0.1) is 0 Å². The summed E-state index contributed by atoms with van der Waals surface area (Å²) < 4.78 is 0. The zero-order valence-electron chi connectivity index (χ0n) is 16.2. The molecule has 0 atom stereocenters. The molecule has 2 heterocycles. The van der Waals surface area contributed by atoms with E-state index in [4.69, 9.17) is 0 Å². The molecular formula is C24H23N3OS. The third-order valence-corrected chi connectivity index (χ3v) is 6.66. The fourth-order valence-electron chi connectivity index (χ4n) is 4.04. The monoisotopic (exact) mass is 401 g/mol. The number of hydrogen-bond donors (Lipinski definition) is 0. The Morgan fingerprint density at radius 3 is 1.90 bits per heavy atom. The van der Waals surface area contributed by atoms with Crippen LogP contribution in [0.1, 0.15) is 0 Å². The Kier molecular flexibility index (Phi) is 5.00. The first kappa shape index (κ1) is 18.3. The van der Waals surface area contributed by atoms with E-state index in [1.807, 2.05) is 47.4 Å². The lowest BCUT2D eigenvalue weighted by Gasteiger charge is -2.37. The number of fused-ring (bicyclic) bond motifs is 2. The SMILES string of the molecule is O=C(CN1CCN(c2ccccc2)CC1)N1c2ccccc2Sc2ccccc21. The zero-order valence-corrected chi connectivity index (χ0v) is 17.0. The number of para-hydroxylation sites is 3. The molecule has 0 aliphatic carbocycles. The maximum Gasteiger partial charge on any atom is 0.245 e. The molecule has 0 spiro atoms. The van der Waals surface area contributed by atoms with Crippen LogP contribution in [0.3, 0.4) is 0 Å². The molecule has 1 fully saturated rings. The number of piperazine rings is 1. The van der Waals surface area contributed by atoms with Crippen LogP contribution in [-0.4, -0.2) is 43.5 Å². The van der Waals surface area contributed by atoms with Gasteiger partial charge in [0.2, 0.25) is 5.91 Å². The van der Waals surface area contributed by atoms with E-state index in [2.05, 4.69) is 46.2 Å². The molecule has 0 N–H and O–H groups in total. The van der Waals surface area contributed by atoms with E-state index in [1.54, 1.807) is 11.8 Å². The van der Waals surface area contributed by atoms with Crippen LogP contribution in [0.4, 0.5) is 17.1 Å². The van der Waals surface area contributed by atoms with Crippen molar-refractivity contribution in [3.63, 3.8) is 0 Å². The van der Waals surface area contributed by atoms with E-state index >= 15 is 0 Å². The lowest BCUT2D eigenvalue weighted by atomic mass is 10.2. The fourth-order valence-corrected chi connectivity index (χ4v) is 5.10. The first-order valence-electron chi connectivity index (χ1n) is 10.0. The van der Waals surface area contributed by atoms with Gasteiger partial charge >= 0.3 is 0 Å². The van der Waals surface area contributed by atoms with Crippen LogP contribution in [0.2, 0.25) is 0 Å². The van der Waals surface area contributed by atoms with E-state index in [9.17, 15) is 4.79 Å². The molecule has 5 heteroatoms. The van der Waals surface area contributed by atoms with Gasteiger partial charge in [-0.15, -0.1) is 0 Å². The van der Waals surface area contributed by atoms with Gasteiger partial charge in [-0.05, 0) is 36.4 Å². The molecule has 0 aromatic heterocycles. The van der Waals surface area contributed by atoms with Gasteiger partial charge in [0, 0.05) is 41.7 Å². The van der Waals surface area contributed by atoms with Gasteiger partial charge in [-0.2, -0.15) is 0 Å². The molecule has 1 saturated heterocycles. The Labute approximate surface area is 175 Å². The summed E-state index contributed by atoms with van der Waals surface area (Å²) in [5, 5.41) is 0. The number of amides is 1. The molecule has 0 radical (unpaired) electrons. The molecule has 5 rings (SSSR count). The summed E-state index contributed by atoms with van der Waals surface area (Å²) in [7, 11) is 0. The van der Waals surface area contributed by atoms with E-state index in [1.165, 1.54) is 5.69 Å². The van der Waals surface area contributed by atoms with Gasteiger partial charge in [-0.1, -0.05) is 54.2 Å². The second-order valence-corrected chi connectivity index (χ2v) is 8.45. The van der Waals surface area contributed by atoms with Crippen molar-refractivity contribution in [2.75, 3.05) is 42.5 Å². The van der Waals surface area contributed by atoms with Crippen LogP contribution in [-0.2, 0) is 4.79 Å². The minimum absolute atomic E-state index is 0.137. The predicted octanol–water partition coefficient (Wildman–Crippen LogP) is 4.64. The van der Waals surface area contributed by atoms with Crippen molar-refractivity contribution in [1.82, 2.24) is 4.90 Å². The summed E-state index contributed by atoms with van der Waals surface area (Å²) in [5.41, 5.74) is 3.24. The van der Waals surface area contributed by atoms with Crippen LogP contribution in [0.25, 0.3) is 0 Å². The van der Waals surface area contributed by atoms with Crippen molar-refractivity contribution < 1.29 is 4.79 Å². The highest BCUT2D eigenvalue weighted by Gasteiger charge is 2.29. The van der Waals surface area contributed by atoms with Crippen molar-refractivity contribution in [2.45, 2.75) is 9.79 Å². The molecular weight excluding hydrogens is 378 g/mol. The Morgan fingerprint density at radius 2 is 1.28 bits per heavy atom. The molecule has 4 nitrogen and oxygen atoms in total. The van der Waals surface area contributed by atoms with E-state index < -0.39 is 0 Å². The number of anilines is 3. The Balaban J connectivity index is 1.32. The largest absolute Gasteiger partial charge is 0.369 e. The van der Waals surface area contributed by atoms with Gasteiger partial charge in [0.1, 0.15) is 0 Å². The van der Waals surface area contributed by atoms with E-state index in [0.717, 1.165) is 47.3 Å². The van der Waals surface area contributed by atoms with Crippen molar-refractivity contribution in [2.24, 2.45) is 0 Å². The van der Waals surface area contributed by atoms with E-state index in [0.29, 0.717) is 6.54 Å². The maximum absolute atomic E-state index is 13.4. The smallest absolute Gasteiger partial charge is 0.245 e. The predicted molar refractivity (Wildman–Crippen MR) is 119 cm³/mol. The summed E-state index contributed by atoms with van der Waals surface area (Å²) in [6.45, 7) is 4.12. The average molecular weight is 402 g/mol. The van der Waals surface area contributed by atoms with Gasteiger partial charge in [0.25, 0.3) is 0 Å². The molecule has 1 amide bonds. The first-order valence-corrected chi connectivity index (χ1v) is 10.8. The molecule has 0 unspecified atom stereocenters. The molecule has 2 aliphatic heterocycles. The summed E-state index contributed by atoms with van der Waals surface area (Å²) in [4.78, 5) is 22.2. The summed E-state index contributed by atoms with van der Waals surface area (Å²) in [5.74, 6) is 0.137. The van der Waals surface area contributed by atoms with E-state index in [-0.39, 0.29) is 5.91 Å². The average Bonchev–Trinajstić information content (AvgIpc) is 2.78. The molecule has 29 heavy (non-hydrogen) atoms. The van der Waals surface area contributed by atoms with Crippen molar-refractivity contribution in [3.05, 3.63) is 78.9 Å². The minimum Gasteiger partial charge on any atom is -0.369 e. The van der Waals surface area contributed by atoms with Gasteiger partial charge in [0.15, 0.2) is 0 Å². The fraction of sp³-hybridized carbons (Fsp3) is 0.208. The minimum atomic E-state index is 0.137. The van der Waals surface area contributed by atoms with Crippen LogP contribution >= 0.6 is 11.8 Å². The first-order chi connectivity index (χ1) is 14.3. The van der Waals surface area contributed by atoms with Crippen molar-refractivity contribution in [1.29, 1.82) is 0 Å².